The monoisotopic (exact) mass is 249 g/mol. The lowest BCUT2D eigenvalue weighted by Crippen LogP contribution is -2.25. The van der Waals surface area contributed by atoms with Crippen LogP contribution >= 0.6 is 0 Å². The molecular weight excluding hydrogens is 230 g/mol. The molecule has 1 aliphatic heterocycles. The van der Waals surface area contributed by atoms with Crippen LogP contribution in [0.4, 0.5) is 11.4 Å². The maximum Gasteiger partial charge on any atom is 0.262 e. The summed E-state index contributed by atoms with van der Waals surface area (Å²) < 4.78 is 5.29. The van der Waals surface area contributed by atoms with Crippen molar-refractivity contribution in [1.82, 2.24) is 0 Å². The number of benzene rings is 1. The summed E-state index contributed by atoms with van der Waals surface area (Å²) >= 11 is 0. The highest BCUT2D eigenvalue weighted by molar-refractivity contribution is 5.95. The van der Waals surface area contributed by atoms with Crippen molar-refractivity contribution in [2.24, 2.45) is 11.7 Å². The molecule has 4 N–H and O–H groups in total. The van der Waals surface area contributed by atoms with E-state index in [2.05, 4.69) is 17.6 Å². The van der Waals surface area contributed by atoms with E-state index < -0.39 is 0 Å². The predicted octanol–water partition coefficient (Wildman–Crippen LogP) is 1.41. The molecule has 0 aromatic heterocycles. The fraction of sp³-hybridized carbons (Fsp3) is 0.462. The molecule has 98 valence electrons. The van der Waals surface area contributed by atoms with Gasteiger partial charge in [0.2, 0.25) is 0 Å². The lowest BCUT2D eigenvalue weighted by atomic mass is 10.1. The number of anilines is 2. The number of fused-ring (bicyclic) bond motifs is 1. The van der Waals surface area contributed by atoms with E-state index in [-0.39, 0.29) is 12.5 Å². The minimum absolute atomic E-state index is 0.0911. The van der Waals surface area contributed by atoms with Crippen molar-refractivity contribution in [3.05, 3.63) is 18.2 Å². The van der Waals surface area contributed by atoms with Crippen molar-refractivity contribution in [1.29, 1.82) is 0 Å². The molecule has 0 saturated carbocycles. The number of amides is 1. The SMILES string of the molecule is CC(CN)CCNc1ccc2c(c1)NC(=O)CO2. The molecular formula is C13H19N3O2. The average Bonchev–Trinajstić information content (AvgIpc) is 2.38. The van der Waals surface area contributed by atoms with Gasteiger partial charge < -0.3 is 21.1 Å². The topological polar surface area (TPSA) is 76.4 Å². The number of ether oxygens (including phenoxy) is 1. The number of hydrogen-bond donors (Lipinski definition) is 3. The Hall–Kier alpha value is -1.75. The molecule has 18 heavy (non-hydrogen) atoms. The maximum absolute atomic E-state index is 11.2. The molecule has 1 heterocycles. The van der Waals surface area contributed by atoms with Gasteiger partial charge in [-0.05, 0) is 37.1 Å². The van der Waals surface area contributed by atoms with Gasteiger partial charge in [0.05, 0.1) is 5.69 Å². The first-order chi connectivity index (χ1) is 8.69. The van der Waals surface area contributed by atoms with Gasteiger partial charge in [0, 0.05) is 12.2 Å². The summed E-state index contributed by atoms with van der Waals surface area (Å²) in [5.41, 5.74) is 7.27. The van der Waals surface area contributed by atoms with E-state index in [0.29, 0.717) is 12.5 Å². The maximum atomic E-state index is 11.2. The molecule has 1 aliphatic rings. The van der Waals surface area contributed by atoms with Crippen LogP contribution in [-0.4, -0.2) is 25.6 Å². The lowest BCUT2D eigenvalue weighted by Gasteiger charge is -2.19. The summed E-state index contributed by atoms with van der Waals surface area (Å²) in [5.74, 6) is 1.12. The van der Waals surface area contributed by atoms with E-state index in [1.54, 1.807) is 0 Å². The molecule has 0 spiro atoms. The van der Waals surface area contributed by atoms with E-state index in [4.69, 9.17) is 10.5 Å². The Labute approximate surface area is 107 Å². The Morgan fingerprint density at radius 3 is 3.17 bits per heavy atom. The van der Waals surface area contributed by atoms with Crippen molar-refractivity contribution >= 4 is 17.3 Å². The van der Waals surface area contributed by atoms with Gasteiger partial charge in [-0.15, -0.1) is 0 Å². The van der Waals surface area contributed by atoms with Crippen LogP contribution < -0.4 is 21.1 Å². The van der Waals surface area contributed by atoms with Gasteiger partial charge >= 0.3 is 0 Å². The largest absolute Gasteiger partial charge is 0.482 e. The van der Waals surface area contributed by atoms with Crippen molar-refractivity contribution in [2.45, 2.75) is 13.3 Å². The smallest absolute Gasteiger partial charge is 0.262 e. The number of nitrogens with two attached hydrogens (primary N) is 1. The van der Waals surface area contributed by atoms with E-state index >= 15 is 0 Å². The van der Waals surface area contributed by atoms with Crippen LogP contribution in [0.25, 0.3) is 0 Å². The molecule has 1 aromatic rings. The Bertz CT molecular complexity index is 434. The summed E-state index contributed by atoms with van der Waals surface area (Å²) in [6.45, 7) is 3.79. The van der Waals surface area contributed by atoms with Gasteiger partial charge in [-0.3, -0.25) is 4.79 Å². The van der Waals surface area contributed by atoms with Gasteiger partial charge in [-0.25, -0.2) is 0 Å². The molecule has 2 rings (SSSR count). The second-order valence-electron chi connectivity index (χ2n) is 4.60. The quantitative estimate of drug-likeness (QED) is 0.737. The molecule has 0 aliphatic carbocycles. The highest BCUT2D eigenvalue weighted by atomic mass is 16.5. The molecule has 1 aromatic carbocycles. The molecule has 0 bridgehead atoms. The summed E-state index contributed by atoms with van der Waals surface area (Å²) in [6.07, 6.45) is 1.02. The zero-order valence-electron chi connectivity index (χ0n) is 10.5. The number of carbonyl (C=O) groups is 1. The first-order valence-electron chi connectivity index (χ1n) is 6.19. The molecule has 1 amide bonds. The second-order valence-corrected chi connectivity index (χ2v) is 4.60. The van der Waals surface area contributed by atoms with Crippen molar-refractivity contribution in [3.63, 3.8) is 0 Å². The second kappa shape index (κ2) is 5.73. The van der Waals surface area contributed by atoms with Crippen LogP contribution in [-0.2, 0) is 4.79 Å². The van der Waals surface area contributed by atoms with Crippen LogP contribution in [0.1, 0.15) is 13.3 Å². The number of hydrogen-bond acceptors (Lipinski definition) is 4. The summed E-state index contributed by atoms with van der Waals surface area (Å²) in [5, 5.41) is 6.10. The number of nitrogens with one attached hydrogen (secondary N) is 2. The Balaban J connectivity index is 1.94. The highest BCUT2D eigenvalue weighted by Gasteiger charge is 2.15. The van der Waals surface area contributed by atoms with Crippen molar-refractivity contribution < 1.29 is 9.53 Å². The minimum atomic E-state index is -0.114. The minimum Gasteiger partial charge on any atom is -0.482 e. The molecule has 0 radical (unpaired) electrons. The summed E-state index contributed by atoms with van der Waals surface area (Å²) in [7, 11) is 0. The van der Waals surface area contributed by atoms with Crippen molar-refractivity contribution in [3.8, 4) is 5.75 Å². The van der Waals surface area contributed by atoms with E-state index in [9.17, 15) is 4.79 Å². The third-order valence-corrected chi connectivity index (χ3v) is 2.98. The van der Waals surface area contributed by atoms with E-state index in [1.165, 1.54) is 0 Å². The number of rotatable bonds is 5. The van der Waals surface area contributed by atoms with Gasteiger partial charge in [0.25, 0.3) is 5.91 Å². The molecule has 5 heteroatoms. The summed E-state index contributed by atoms with van der Waals surface area (Å²) in [4.78, 5) is 11.2. The third-order valence-electron chi connectivity index (χ3n) is 2.98. The third kappa shape index (κ3) is 3.13. The normalized spacial score (nSPS) is 15.3. The van der Waals surface area contributed by atoms with Gasteiger partial charge in [0.1, 0.15) is 5.75 Å². The lowest BCUT2D eigenvalue weighted by molar-refractivity contribution is -0.118. The average molecular weight is 249 g/mol. The Kier molecular flexibility index (Phi) is 4.04. The van der Waals surface area contributed by atoms with Crippen LogP contribution in [0.15, 0.2) is 18.2 Å². The van der Waals surface area contributed by atoms with Gasteiger partial charge in [-0.2, -0.15) is 0 Å². The van der Waals surface area contributed by atoms with E-state index in [0.717, 1.165) is 30.1 Å². The predicted molar refractivity (Wildman–Crippen MR) is 71.9 cm³/mol. The Morgan fingerprint density at radius 1 is 1.56 bits per heavy atom. The standard InChI is InChI=1S/C13H19N3O2/c1-9(7-14)4-5-15-10-2-3-12-11(6-10)16-13(17)8-18-12/h2-3,6,9,15H,4-5,7-8,14H2,1H3,(H,16,17). The highest BCUT2D eigenvalue weighted by Crippen LogP contribution is 2.30. The zero-order valence-corrected chi connectivity index (χ0v) is 10.5. The fourth-order valence-corrected chi connectivity index (χ4v) is 1.77. The Morgan fingerprint density at radius 2 is 2.39 bits per heavy atom. The molecule has 5 nitrogen and oxygen atoms in total. The molecule has 0 saturated heterocycles. The first-order valence-corrected chi connectivity index (χ1v) is 6.19. The van der Waals surface area contributed by atoms with Crippen LogP contribution in [0.2, 0.25) is 0 Å². The van der Waals surface area contributed by atoms with Crippen LogP contribution in [0.5, 0.6) is 5.75 Å². The first kappa shape index (κ1) is 12.7. The van der Waals surface area contributed by atoms with Gasteiger partial charge in [0.15, 0.2) is 6.61 Å². The zero-order chi connectivity index (χ0) is 13.0. The fourth-order valence-electron chi connectivity index (χ4n) is 1.77. The van der Waals surface area contributed by atoms with E-state index in [1.807, 2.05) is 18.2 Å². The number of carbonyl (C=O) groups excluding carboxylic acids is 1. The summed E-state index contributed by atoms with van der Waals surface area (Å²) in [6, 6.07) is 5.70. The van der Waals surface area contributed by atoms with Crippen LogP contribution in [0.3, 0.4) is 0 Å². The van der Waals surface area contributed by atoms with Crippen molar-refractivity contribution in [2.75, 3.05) is 30.3 Å². The molecule has 1 atom stereocenters. The molecule has 0 fully saturated rings. The molecule has 1 unspecified atom stereocenters. The van der Waals surface area contributed by atoms with Gasteiger partial charge in [-0.1, -0.05) is 6.92 Å². The van der Waals surface area contributed by atoms with Crippen LogP contribution in [0, 0.1) is 5.92 Å².